The number of benzene rings is 9. The lowest BCUT2D eigenvalue weighted by Gasteiger charge is -2.34. The molecule has 0 amide bonds. The Morgan fingerprint density at radius 2 is 1.15 bits per heavy atom. The Labute approximate surface area is 345 Å². The molecule has 0 saturated heterocycles. The van der Waals surface area contributed by atoms with Gasteiger partial charge in [0.1, 0.15) is 0 Å². The fourth-order valence-corrected chi connectivity index (χ4v) is 9.94. The van der Waals surface area contributed by atoms with Gasteiger partial charge in [-0.1, -0.05) is 133 Å². The smallest absolute Gasteiger partial charge is 0.160 e. The van der Waals surface area contributed by atoms with E-state index in [0.717, 1.165) is 60.6 Å². The Bertz CT molecular complexity index is 3410. The van der Waals surface area contributed by atoms with Crippen LogP contribution >= 0.6 is 11.3 Å². The van der Waals surface area contributed by atoms with Crippen LogP contribution in [0.25, 0.3) is 86.7 Å². The predicted molar refractivity (Wildman–Crippen MR) is 250 cm³/mol. The van der Waals surface area contributed by atoms with Gasteiger partial charge in [0.2, 0.25) is 0 Å². The maximum absolute atomic E-state index is 5.42. The molecule has 0 unspecified atom stereocenters. The van der Waals surface area contributed by atoms with Crippen molar-refractivity contribution in [2.24, 2.45) is 0 Å². The maximum Gasteiger partial charge on any atom is 0.160 e. The molecule has 276 valence electrons. The van der Waals surface area contributed by atoms with Crippen LogP contribution in [0.3, 0.4) is 0 Å². The minimum absolute atomic E-state index is 0.699. The molecule has 59 heavy (non-hydrogen) atoms. The van der Waals surface area contributed by atoms with Gasteiger partial charge in [0, 0.05) is 54.8 Å². The first kappa shape index (κ1) is 33.5. The number of anilines is 5. The number of hydrogen-bond donors (Lipinski definition) is 1. The molecule has 1 aliphatic heterocycles. The molecule has 12 rings (SSSR count). The first-order valence-corrected chi connectivity index (χ1v) is 20.7. The van der Waals surface area contributed by atoms with Crippen LogP contribution in [-0.4, -0.2) is 9.97 Å². The number of nitrogens with zero attached hydrogens (tertiary/aromatic N) is 3. The number of rotatable bonds is 6. The highest BCUT2D eigenvalue weighted by Gasteiger charge is 2.27. The average molecular weight is 771 g/mol. The summed E-state index contributed by atoms with van der Waals surface area (Å²) in [6.07, 6.45) is 0. The zero-order valence-electron chi connectivity index (χ0n) is 31.8. The van der Waals surface area contributed by atoms with E-state index in [0.29, 0.717) is 5.82 Å². The summed E-state index contributed by atoms with van der Waals surface area (Å²) in [4.78, 5) is 13.2. The van der Waals surface area contributed by atoms with Crippen LogP contribution in [0.4, 0.5) is 28.4 Å². The van der Waals surface area contributed by atoms with Crippen molar-refractivity contribution in [2.45, 2.75) is 0 Å². The van der Waals surface area contributed by atoms with E-state index in [1.54, 1.807) is 11.3 Å². The summed E-state index contributed by atoms with van der Waals surface area (Å²) in [5.41, 5.74) is 14.2. The Kier molecular flexibility index (Phi) is 7.68. The van der Waals surface area contributed by atoms with Gasteiger partial charge in [-0.25, -0.2) is 9.97 Å². The van der Waals surface area contributed by atoms with Crippen LogP contribution in [0.15, 0.2) is 200 Å². The van der Waals surface area contributed by atoms with Crippen LogP contribution in [-0.2, 0) is 0 Å². The first-order valence-electron chi connectivity index (χ1n) is 19.9. The van der Waals surface area contributed by atoms with E-state index in [1.165, 1.54) is 48.7 Å². The second kappa shape index (κ2) is 13.5. The number of thiophene rings is 1. The van der Waals surface area contributed by atoms with Gasteiger partial charge >= 0.3 is 0 Å². The lowest BCUT2D eigenvalue weighted by molar-refractivity contribution is 1.23. The topological polar surface area (TPSA) is 41.1 Å². The predicted octanol–water partition coefficient (Wildman–Crippen LogP) is 15.3. The molecule has 0 radical (unpaired) electrons. The lowest BCUT2D eigenvalue weighted by atomic mass is 9.89. The number of fused-ring (bicyclic) bond motifs is 6. The van der Waals surface area contributed by atoms with Crippen LogP contribution in [0.2, 0.25) is 0 Å². The Balaban J connectivity index is 1.02. The molecule has 4 nitrogen and oxygen atoms in total. The van der Waals surface area contributed by atoms with Crippen LogP contribution in [0, 0.1) is 0 Å². The van der Waals surface area contributed by atoms with Crippen molar-refractivity contribution >= 4 is 81.6 Å². The monoisotopic (exact) mass is 770 g/mol. The molecule has 9 aromatic carbocycles. The fourth-order valence-electron chi connectivity index (χ4n) is 8.79. The summed E-state index contributed by atoms with van der Waals surface area (Å²) in [6.45, 7) is 0. The minimum atomic E-state index is 0.699. The SMILES string of the molecule is c1ccc(Nc2cc(-c3nc(-c4ccc(N5c6cc7ccccc7cc6-c6cccc7cccc5c67)cc4)nc4c3sc3ccccc34)ccc2-c2ccccc2)cc1. The summed E-state index contributed by atoms with van der Waals surface area (Å²) in [5.74, 6) is 0.699. The van der Waals surface area contributed by atoms with Crippen molar-refractivity contribution in [1.29, 1.82) is 0 Å². The third-order valence-corrected chi connectivity index (χ3v) is 12.7. The highest BCUT2D eigenvalue weighted by molar-refractivity contribution is 7.26. The molecule has 0 bridgehead atoms. The first-order chi connectivity index (χ1) is 29.2. The van der Waals surface area contributed by atoms with Gasteiger partial charge < -0.3 is 10.2 Å². The summed E-state index contributed by atoms with van der Waals surface area (Å²) in [5, 5.41) is 9.82. The second-order valence-electron chi connectivity index (χ2n) is 15.1. The molecular weight excluding hydrogens is 737 g/mol. The van der Waals surface area contributed by atoms with Gasteiger partial charge in [0.25, 0.3) is 0 Å². The summed E-state index contributed by atoms with van der Waals surface area (Å²) < 4.78 is 2.27. The number of aromatic nitrogens is 2. The normalized spacial score (nSPS) is 12.0. The average Bonchev–Trinajstić information content (AvgIpc) is 3.68. The van der Waals surface area contributed by atoms with Crippen molar-refractivity contribution in [3.63, 3.8) is 0 Å². The van der Waals surface area contributed by atoms with Gasteiger partial charge in [-0.2, -0.15) is 0 Å². The minimum Gasteiger partial charge on any atom is -0.355 e. The summed E-state index contributed by atoms with van der Waals surface area (Å²) in [7, 11) is 0. The Hall–Kier alpha value is -7.60. The standard InChI is InChI=1S/C54H34N4S/c1-3-13-34(14-4-1)42-30-27-39(32-46(42)55-40-19-5-2-6-20-40)51-53-52(44-21-9-10-24-49(44)59-53)57-54(56-51)36-25-28-41(29-26-36)58-47-23-12-18-35-17-11-22-43(50(35)47)45-31-37-15-7-8-16-38(37)33-48(45)58/h1-33,55H. The van der Waals surface area contributed by atoms with Crippen molar-refractivity contribution in [1.82, 2.24) is 9.97 Å². The molecule has 0 aliphatic carbocycles. The second-order valence-corrected chi connectivity index (χ2v) is 16.1. The van der Waals surface area contributed by atoms with E-state index in [1.807, 2.05) is 6.07 Å². The van der Waals surface area contributed by atoms with E-state index < -0.39 is 0 Å². The van der Waals surface area contributed by atoms with Gasteiger partial charge in [0.05, 0.1) is 27.3 Å². The molecule has 0 fully saturated rings. The molecule has 5 heteroatoms. The number of para-hydroxylation sites is 1. The largest absolute Gasteiger partial charge is 0.355 e. The van der Waals surface area contributed by atoms with E-state index in [-0.39, 0.29) is 0 Å². The lowest BCUT2D eigenvalue weighted by Crippen LogP contribution is -2.15. The highest BCUT2D eigenvalue weighted by atomic mass is 32.1. The van der Waals surface area contributed by atoms with Crippen molar-refractivity contribution in [3.05, 3.63) is 200 Å². The number of hydrogen-bond acceptors (Lipinski definition) is 5. The third kappa shape index (κ3) is 5.58. The van der Waals surface area contributed by atoms with Gasteiger partial charge in [0.15, 0.2) is 5.82 Å². The molecule has 1 N–H and O–H groups in total. The van der Waals surface area contributed by atoms with Gasteiger partial charge in [-0.3, -0.25) is 0 Å². The molecule has 11 aromatic rings. The van der Waals surface area contributed by atoms with E-state index >= 15 is 0 Å². The molecule has 3 heterocycles. The third-order valence-electron chi connectivity index (χ3n) is 11.6. The quantitative estimate of drug-likeness (QED) is 0.183. The van der Waals surface area contributed by atoms with E-state index in [2.05, 4.69) is 204 Å². The maximum atomic E-state index is 5.42. The Morgan fingerprint density at radius 1 is 0.458 bits per heavy atom. The van der Waals surface area contributed by atoms with E-state index in [4.69, 9.17) is 9.97 Å². The molecular formula is C54H34N4S. The Morgan fingerprint density at radius 3 is 1.98 bits per heavy atom. The zero-order valence-corrected chi connectivity index (χ0v) is 32.6. The van der Waals surface area contributed by atoms with Crippen molar-refractivity contribution in [2.75, 3.05) is 10.2 Å². The van der Waals surface area contributed by atoms with Crippen molar-refractivity contribution in [3.8, 4) is 44.9 Å². The van der Waals surface area contributed by atoms with Crippen LogP contribution in [0.1, 0.15) is 0 Å². The molecule has 1 aliphatic rings. The summed E-state index contributed by atoms with van der Waals surface area (Å²) >= 11 is 1.75. The highest BCUT2D eigenvalue weighted by Crippen LogP contribution is 2.52. The number of nitrogens with one attached hydrogen (secondary N) is 1. The zero-order chi connectivity index (χ0) is 38.9. The molecule has 0 saturated carbocycles. The molecule has 2 aromatic heterocycles. The molecule has 0 spiro atoms. The van der Waals surface area contributed by atoms with Crippen LogP contribution in [0.5, 0.6) is 0 Å². The van der Waals surface area contributed by atoms with Crippen LogP contribution < -0.4 is 10.2 Å². The van der Waals surface area contributed by atoms with Crippen molar-refractivity contribution < 1.29 is 0 Å². The van der Waals surface area contributed by atoms with Gasteiger partial charge in [-0.05, 0) is 94.0 Å². The fraction of sp³-hybridized carbons (Fsp3) is 0. The van der Waals surface area contributed by atoms with Gasteiger partial charge in [-0.15, -0.1) is 11.3 Å². The molecule has 0 atom stereocenters. The van der Waals surface area contributed by atoms with E-state index in [9.17, 15) is 0 Å². The summed E-state index contributed by atoms with van der Waals surface area (Å²) in [6, 6.07) is 71.5.